The molecule has 0 fully saturated rings. The maximum absolute atomic E-state index is 10.5. The van der Waals surface area contributed by atoms with Crippen LogP contribution in [0.4, 0.5) is 0 Å². The molecule has 0 saturated heterocycles. The number of rotatable bonds is 4. The van der Waals surface area contributed by atoms with Crippen LogP contribution in [-0.2, 0) is 4.79 Å². The van der Waals surface area contributed by atoms with Crippen LogP contribution in [0, 0.1) is 0 Å². The summed E-state index contributed by atoms with van der Waals surface area (Å²) in [4.78, 5) is 20.9. The highest BCUT2D eigenvalue weighted by atomic mass is 16.3. The van der Waals surface area contributed by atoms with Crippen molar-refractivity contribution in [2.24, 2.45) is 5.73 Å². The second-order valence-electron chi connectivity index (χ2n) is 3.01. The lowest BCUT2D eigenvalue weighted by Gasteiger charge is -1.98. The van der Waals surface area contributed by atoms with Crippen molar-refractivity contribution >= 4 is 18.3 Å². The zero-order valence-corrected chi connectivity index (χ0v) is 8.01. The van der Waals surface area contributed by atoms with Crippen molar-refractivity contribution in [1.29, 1.82) is 0 Å². The van der Waals surface area contributed by atoms with Gasteiger partial charge in [-0.05, 0) is 17.7 Å². The zero-order chi connectivity index (χ0) is 11.3. The van der Waals surface area contributed by atoms with Gasteiger partial charge in [-0.25, -0.2) is 0 Å². The van der Waals surface area contributed by atoms with Gasteiger partial charge in [0.1, 0.15) is 5.75 Å². The fourth-order valence-electron chi connectivity index (χ4n) is 1.08. The molecule has 0 radical (unpaired) electrons. The molecule has 4 nitrogen and oxygen atoms in total. The van der Waals surface area contributed by atoms with Gasteiger partial charge in [0.15, 0.2) is 6.29 Å². The number of carbonyl (C=O) groups is 2. The molecule has 0 aliphatic rings. The molecule has 1 rings (SSSR count). The van der Waals surface area contributed by atoms with E-state index in [-0.39, 0.29) is 17.7 Å². The maximum atomic E-state index is 10.5. The molecule has 0 saturated carbocycles. The van der Waals surface area contributed by atoms with Crippen molar-refractivity contribution in [3.05, 3.63) is 35.4 Å². The molecule has 0 atom stereocenters. The number of nitrogens with two attached hydrogens (primary N) is 1. The van der Waals surface area contributed by atoms with E-state index in [1.807, 2.05) is 0 Å². The second kappa shape index (κ2) is 4.95. The van der Waals surface area contributed by atoms with Gasteiger partial charge in [0.25, 0.3) is 0 Å². The smallest absolute Gasteiger partial charge is 0.221 e. The van der Waals surface area contributed by atoms with E-state index in [4.69, 9.17) is 5.73 Å². The van der Waals surface area contributed by atoms with Crippen LogP contribution in [0.25, 0.3) is 6.08 Å². The Labute approximate surface area is 87.0 Å². The number of amides is 1. The SMILES string of the molecule is NC(=O)CC=Cc1ccc(O)c(C=O)c1. The van der Waals surface area contributed by atoms with Crippen LogP contribution >= 0.6 is 0 Å². The molecule has 15 heavy (non-hydrogen) atoms. The maximum Gasteiger partial charge on any atom is 0.221 e. The summed E-state index contributed by atoms with van der Waals surface area (Å²) in [7, 11) is 0. The van der Waals surface area contributed by atoms with Gasteiger partial charge >= 0.3 is 0 Å². The summed E-state index contributed by atoms with van der Waals surface area (Å²) in [6, 6.07) is 4.59. The lowest BCUT2D eigenvalue weighted by molar-refractivity contribution is -0.117. The Bertz CT molecular complexity index is 410. The number of benzene rings is 1. The molecule has 0 aliphatic carbocycles. The highest BCUT2D eigenvalue weighted by molar-refractivity contribution is 5.81. The molecule has 3 N–H and O–H groups in total. The van der Waals surface area contributed by atoms with Crippen molar-refractivity contribution < 1.29 is 14.7 Å². The minimum absolute atomic E-state index is 0.0583. The van der Waals surface area contributed by atoms with Crippen LogP contribution in [0.2, 0.25) is 0 Å². The Hall–Kier alpha value is -2.10. The summed E-state index contributed by atoms with van der Waals surface area (Å²) in [5.41, 5.74) is 5.90. The van der Waals surface area contributed by atoms with Gasteiger partial charge in [-0.15, -0.1) is 0 Å². The van der Waals surface area contributed by atoms with Gasteiger partial charge in [0, 0.05) is 6.42 Å². The van der Waals surface area contributed by atoms with E-state index < -0.39 is 5.91 Å². The third-order valence-electron chi connectivity index (χ3n) is 1.81. The third-order valence-corrected chi connectivity index (χ3v) is 1.81. The topological polar surface area (TPSA) is 80.4 Å². The molecule has 0 spiro atoms. The standard InChI is InChI=1S/C11H11NO3/c12-11(15)3-1-2-8-4-5-10(14)9(6-8)7-13/h1-2,4-7,14H,3H2,(H2,12,15). The first-order valence-corrected chi connectivity index (χ1v) is 4.36. The van der Waals surface area contributed by atoms with E-state index in [1.165, 1.54) is 12.1 Å². The largest absolute Gasteiger partial charge is 0.507 e. The molecule has 1 aromatic carbocycles. The normalized spacial score (nSPS) is 10.4. The summed E-state index contributed by atoms with van der Waals surface area (Å²) in [5, 5.41) is 9.22. The molecule has 1 aromatic rings. The van der Waals surface area contributed by atoms with Crippen LogP contribution < -0.4 is 5.73 Å². The Balaban J connectivity index is 2.82. The highest BCUT2D eigenvalue weighted by Gasteiger charge is 1.99. The third kappa shape index (κ3) is 3.27. The van der Waals surface area contributed by atoms with E-state index in [9.17, 15) is 14.7 Å². The first kappa shape index (κ1) is 11.0. The lowest BCUT2D eigenvalue weighted by Crippen LogP contribution is -2.07. The molecular formula is C11H11NO3. The Morgan fingerprint density at radius 2 is 2.20 bits per heavy atom. The van der Waals surface area contributed by atoms with Crippen LogP contribution in [0.1, 0.15) is 22.3 Å². The number of primary amides is 1. The number of phenols is 1. The van der Waals surface area contributed by atoms with Gasteiger partial charge in [-0.3, -0.25) is 9.59 Å². The molecule has 0 unspecified atom stereocenters. The van der Waals surface area contributed by atoms with Crippen molar-refractivity contribution in [2.45, 2.75) is 6.42 Å². The minimum atomic E-state index is -0.416. The average Bonchev–Trinajstić information content (AvgIpc) is 2.20. The van der Waals surface area contributed by atoms with Crippen molar-refractivity contribution in [1.82, 2.24) is 0 Å². The fraction of sp³-hybridized carbons (Fsp3) is 0.0909. The van der Waals surface area contributed by atoms with Crippen molar-refractivity contribution in [3.8, 4) is 5.75 Å². The summed E-state index contributed by atoms with van der Waals surface area (Å²) < 4.78 is 0. The molecule has 78 valence electrons. The summed E-state index contributed by atoms with van der Waals surface area (Å²) in [6.07, 6.45) is 3.98. The van der Waals surface area contributed by atoms with Crippen LogP contribution in [-0.4, -0.2) is 17.3 Å². The number of hydrogen-bond acceptors (Lipinski definition) is 3. The Kier molecular flexibility index (Phi) is 3.62. The molecule has 4 heteroatoms. The molecule has 0 aliphatic heterocycles. The van der Waals surface area contributed by atoms with E-state index in [2.05, 4.69) is 0 Å². The lowest BCUT2D eigenvalue weighted by atomic mass is 10.1. The minimum Gasteiger partial charge on any atom is -0.507 e. The van der Waals surface area contributed by atoms with Crippen LogP contribution in [0.15, 0.2) is 24.3 Å². The average molecular weight is 205 g/mol. The first-order valence-electron chi connectivity index (χ1n) is 4.36. The Morgan fingerprint density at radius 3 is 2.80 bits per heavy atom. The zero-order valence-electron chi connectivity index (χ0n) is 8.01. The van der Waals surface area contributed by atoms with Gasteiger partial charge in [-0.2, -0.15) is 0 Å². The van der Waals surface area contributed by atoms with Gasteiger partial charge in [0.2, 0.25) is 5.91 Å². The monoisotopic (exact) mass is 205 g/mol. The molecule has 0 aromatic heterocycles. The van der Waals surface area contributed by atoms with E-state index in [0.29, 0.717) is 6.29 Å². The van der Waals surface area contributed by atoms with Crippen LogP contribution in [0.3, 0.4) is 0 Å². The number of aromatic hydroxyl groups is 1. The molecule has 1 amide bonds. The summed E-state index contributed by atoms with van der Waals surface area (Å²) >= 11 is 0. The van der Waals surface area contributed by atoms with Gasteiger partial charge in [0.05, 0.1) is 5.56 Å². The van der Waals surface area contributed by atoms with E-state index in [1.54, 1.807) is 18.2 Å². The fourth-order valence-corrected chi connectivity index (χ4v) is 1.08. The first-order chi connectivity index (χ1) is 7.13. The summed E-state index contributed by atoms with van der Waals surface area (Å²) in [6.45, 7) is 0. The van der Waals surface area contributed by atoms with Crippen molar-refractivity contribution in [3.63, 3.8) is 0 Å². The summed E-state index contributed by atoms with van der Waals surface area (Å²) in [5.74, 6) is -0.474. The highest BCUT2D eigenvalue weighted by Crippen LogP contribution is 2.17. The van der Waals surface area contributed by atoms with Crippen molar-refractivity contribution in [2.75, 3.05) is 0 Å². The van der Waals surface area contributed by atoms with Gasteiger partial charge in [-0.1, -0.05) is 18.2 Å². The quantitative estimate of drug-likeness (QED) is 0.722. The predicted octanol–water partition coefficient (Wildman–Crippen LogP) is 1.09. The Morgan fingerprint density at radius 1 is 1.47 bits per heavy atom. The predicted molar refractivity (Wildman–Crippen MR) is 56.3 cm³/mol. The van der Waals surface area contributed by atoms with Crippen LogP contribution in [0.5, 0.6) is 5.75 Å². The number of hydrogen-bond donors (Lipinski definition) is 2. The number of carbonyl (C=O) groups excluding carboxylic acids is 2. The molecule has 0 heterocycles. The molecular weight excluding hydrogens is 194 g/mol. The number of aldehydes is 1. The number of phenolic OH excluding ortho intramolecular Hbond substituents is 1. The van der Waals surface area contributed by atoms with E-state index >= 15 is 0 Å². The second-order valence-corrected chi connectivity index (χ2v) is 3.01. The van der Waals surface area contributed by atoms with E-state index in [0.717, 1.165) is 5.56 Å². The van der Waals surface area contributed by atoms with Gasteiger partial charge < -0.3 is 10.8 Å². The molecule has 0 bridgehead atoms.